The Morgan fingerprint density at radius 3 is 2.81 bits per heavy atom. The van der Waals surface area contributed by atoms with E-state index in [1.807, 2.05) is 0 Å². The fourth-order valence-corrected chi connectivity index (χ4v) is 1.69. The van der Waals surface area contributed by atoms with Crippen LogP contribution in [0.3, 0.4) is 0 Å². The van der Waals surface area contributed by atoms with Crippen molar-refractivity contribution in [1.29, 1.82) is 0 Å². The van der Waals surface area contributed by atoms with Crippen LogP contribution in [0, 0.1) is 0 Å². The quantitative estimate of drug-likeness (QED) is 0.803. The molecule has 0 bridgehead atoms. The number of fused-ring (bicyclic) bond motifs is 1. The maximum atomic E-state index is 10.9. The van der Waals surface area contributed by atoms with Crippen molar-refractivity contribution in [3.05, 3.63) is 24.0 Å². The van der Waals surface area contributed by atoms with Crippen LogP contribution in [0.5, 0.6) is 5.75 Å². The number of nitrogens with zero attached hydrogens (tertiary/aromatic N) is 2. The first-order chi connectivity index (χ1) is 7.50. The number of benzene rings is 1. The minimum absolute atomic E-state index is 0.144. The number of rotatable bonds is 2. The van der Waals surface area contributed by atoms with E-state index in [1.54, 1.807) is 30.7 Å². The fourth-order valence-electron chi connectivity index (χ4n) is 1.69. The smallest absolute Gasteiger partial charge is 0.313 e. The number of phenolic OH excluding ortho intramolecular Hbond substituents is 1. The molecular weight excluding hydrogens is 208 g/mol. The number of aliphatic carboxylic acids is 1. The van der Waals surface area contributed by atoms with Gasteiger partial charge in [0.1, 0.15) is 17.5 Å². The van der Waals surface area contributed by atoms with Gasteiger partial charge in [0.2, 0.25) is 0 Å². The van der Waals surface area contributed by atoms with E-state index in [4.69, 9.17) is 5.11 Å². The average Bonchev–Trinajstić information content (AvgIpc) is 2.55. The Hall–Kier alpha value is -2.04. The lowest BCUT2D eigenvalue weighted by Crippen LogP contribution is -2.12. The van der Waals surface area contributed by atoms with E-state index in [2.05, 4.69) is 4.98 Å². The molecule has 1 aromatic heterocycles. The summed E-state index contributed by atoms with van der Waals surface area (Å²) in [4.78, 5) is 15.1. The topological polar surface area (TPSA) is 75.3 Å². The van der Waals surface area contributed by atoms with Crippen LogP contribution in [0.25, 0.3) is 11.0 Å². The first-order valence-electron chi connectivity index (χ1n) is 4.89. The third kappa shape index (κ3) is 1.50. The summed E-state index contributed by atoms with van der Waals surface area (Å²) in [5.41, 5.74) is 1.41. The molecule has 0 saturated heterocycles. The van der Waals surface area contributed by atoms with Crippen molar-refractivity contribution >= 4 is 17.0 Å². The van der Waals surface area contributed by atoms with Gasteiger partial charge < -0.3 is 14.8 Å². The molecular formula is C11H12N2O3. The van der Waals surface area contributed by atoms with Gasteiger partial charge in [-0.15, -0.1) is 0 Å². The van der Waals surface area contributed by atoms with Crippen LogP contribution in [-0.4, -0.2) is 25.7 Å². The summed E-state index contributed by atoms with van der Waals surface area (Å²) >= 11 is 0. The van der Waals surface area contributed by atoms with Gasteiger partial charge in [-0.3, -0.25) is 4.79 Å². The van der Waals surface area contributed by atoms with Crippen molar-refractivity contribution in [3.63, 3.8) is 0 Å². The molecule has 5 heteroatoms. The first-order valence-corrected chi connectivity index (χ1v) is 4.89. The molecule has 0 aliphatic carbocycles. The number of phenols is 1. The minimum Gasteiger partial charge on any atom is -0.508 e. The van der Waals surface area contributed by atoms with Crippen LogP contribution in [0.4, 0.5) is 0 Å². The third-order valence-corrected chi connectivity index (χ3v) is 2.66. The Bertz CT molecular complexity index is 560. The number of hydrogen-bond donors (Lipinski definition) is 2. The lowest BCUT2D eigenvalue weighted by molar-refractivity contribution is -0.138. The fraction of sp³-hybridized carbons (Fsp3) is 0.273. The van der Waals surface area contributed by atoms with E-state index in [0.717, 1.165) is 5.52 Å². The molecule has 1 heterocycles. The molecule has 2 aromatic rings. The molecule has 0 aliphatic rings. The average molecular weight is 220 g/mol. The van der Waals surface area contributed by atoms with Gasteiger partial charge >= 0.3 is 5.97 Å². The second-order valence-electron chi connectivity index (χ2n) is 3.76. The molecule has 16 heavy (non-hydrogen) atoms. The molecule has 0 spiro atoms. The van der Waals surface area contributed by atoms with Crippen LogP contribution >= 0.6 is 0 Å². The van der Waals surface area contributed by atoms with E-state index >= 15 is 0 Å². The highest BCUT2D eigenvalue weighted by Crippen LogP contribution is 2.23. The highest BCUT2D eigenvalue weighted by atomic mass is 16.4. The molecule has 2 rings (SSSR count). The van der Waals surface area contributed by atoms with Gasteiger partial charge in [-0.2, -0.15) is 0 Å². The van der Waals surface area contributed by atoms with Crippen molar-refractivity contribution in [2.24, 2.45) is 7.05 Å². The summed E-state index contributed by atoms with van der Waals surface area (Å²) < 4.78 is 1.69. The molecule has 84 valence electrons. The van der Waals surface area contributed by atoms with E-state index in [0.29, 0.717) is 11.3 Å². The van der Waals surface area contributed by atoms with Crippen molar-refractivity contribution in [2.45, 2.75) is 12.8 Å². The Morgan fingerprint density at radius 2 is 2.19 bits per heavy atom. The Balaban J connectivity index is 2.64. The number of imidazole rings is 1. The van der Waals surface area contributed by atoms with Gasteiger partial charge in [0, 0.05) is 13.1 Å². The van der Waals surface area contributed by atoms with Gasteiger partial charge in [0.25, 0.3) is 0 Å². The minimum atomic E-state index is -0.914. The summed E-state index contributed by atoms with van der Waals surface area (Å²) in [6.45, 7) is 1.59. The SMILES string of the molecule is CC(C(=O)O)c1nc2ccc(O)cc2n1C. The molecule has 0 radical (unpaired) electrons. The standard InChI is InChI=1S/C11H12N2O3/c1-6(11(15)16)10-12-8-4-3-7(14)5-9(8)13(10)2/h3-6,14H,1-2H3,(H,15,16). The number of hydrogen-bond acceptors (Lipinski definition) is 3. The number of aromatic nitrogens is 2. The van der Waals surface area contributed by atoms with Gasteiger partial charge in [-0.1, -0.05) is 0 Å². The van der Waals surface area contributed by atoms with E-state index in [1.165, 1.54) is 6.07 Å². The Morgan fingerprint density at radius 1 is 1.50 bits per heavy atom. The molecule has 0 fully saturated rings. The van der Waals surface area contributed by atoms with Crippen molar-refractivity contribution < 1.29 is 15.0 Å². The lowest BCUT2D eigenvalue weighted by atomic mass is 10.2. The van der Waals surface area contributed by atoms with E-state index in [-0.39, 0.29) is 5.75 Å². The van der Waals surface area contributed by atoms with Crippen LogP contribution in [0.1, 0.15) is 18.7 Å². The Kier molecular flexibility index (Phi) is 2.30. The van der Waals surface area contributed by atoms with Gasteiger partial charge in [-0.25, -0.2) is 4.98 Å². The van der Waals surface area contributed by atoms with Crippen molar-refractivity contribution in [1.82, 2.24) is 9.55 Å². The molecule has 0 amide bonds. The van der Waals surface area contributed by atoms with Gasteiger partial charge in [-0.05, 0) is 19.1 Å². The molecule has 0 saturated carbocycles. The third-order valence-electron chi connectivity index (χ3n) is 2.66. The summed E-state index contributed by atoms with van der Waals surface area (Å²) in [5, 5.41) is 18.3. The number of carboxylic acid groups (broad SMARTS) is 1. The maximum Gasteiger partial charge on any atom is 0.313 e. The Labute approximate surface area is 92.0 Å². The molecule has 0 aliphatic heterocycles. The van der Waals surface area contributed by atoms with Crippen LogP contribution in [-0.2, 0) is 11.8 Å². The molecule has 1 atom stereocenters. The number of aryl methyl sites for hydroxylation is 1. The molecule has 2 N–H and O–H groups in total. The lowest BCUT2D eigenvalue weighted by Gasteiger charge is -2.05. The zero-order valence-corrected chi connectivity index (χ0v) is 9.01. The second-order valence-corrected chi connectivity index (χ2v) is 3.76. The maximum absolute atomic E-state index is 10.9. The van der Waals surface area contributed by atoms with Crippen LogP contribution < -0.4 is 0 Å². The summed E-state index contributed by atoms with van der Waals surface area (Å²) in [6, 6.07) is 4.77. The van der Waals surface area contributed by atoms with Crippen molar-refractivity contribution in [3.8, 4) is 5.75 Å². The van der Waals surface area contributed by atoms with Gasteiger partial charge in [0.05, 0.1) is 11.0 Å². The van der Waals surface area contributed by atoms with Crippen LogP contribution in [0.2, 0.25) is 0 Å². The largest absolute Gasteiger partial charge is 0.508 e. The van der Waals surface area contributed by atoms with Gasteiger partial charge in [0.15, 0.2) is 0 Å². The zero-order valence-electron chi connectivity index (χ0n) is 9.01. The van der Waals surface area contributed by atoms with E-state index in [9.17, 15) is 9.90 Å². The number of aromatic hydroxyl groups is 1. The monoisotopic (exact) mass is 220 g/mol. The molecule has 5 nitrogen and oxygen atoms in total. The summed E-state index contributed by atoms with van der Waals surface area (Å²) in [7, 11) is 1.74. The zero-order chi connectivity index (χ0) is 11.9. The van der Waals surface area contributed by atoms with Crippen molar-refractivity contribution in [2.75, 3.05) is 0 Å². The first kappa shape index (κ1) is 10.5. The number of carbonyl (C=O) groups is 1. The molecule has 1 aromatic carbocycles. The highest BCUT2D eigenvalue weighted by molar-refractivity contribution is 5.81. The second kappa shape index (κ2) is 3.52. The summed E-state index contributed by atoms with van der Waals surface area (Å²) in [5.74, 6) is -0.958. The van der Waals surface area contributed by atoms with E-state index < -0.39 is 11.9 Å². The molecule has 1 unspecified atom stereocenters. The predicted molar refractivity (Wildman–Crippen MR) is 58.4 cm³/mol. The normalized spacial score (nSPS) is 12.9. The highest BCUT2D eigenvalue weighted by Gasteiger charge is 2.20. The summed E-state index contributed by atoms with van der Waals surface area (Å²) in [6.07, 6.45) is 0. The predicted octanol–water partition coefficient (Wildman–Crippen LogP) is 1.47. The van der Waals surface area contributed by atoms with Crippen LogP contribution in [0.15, 0.2) is 18.2 Å². The number of carboxylic acids is 1.